The summed E-state index contributed by atoms with van der Waals surface area (Å²) in [7, 11) is 0. The van der Waals surface area contributed by atoms with Crippen LogP contribution in [0.1, 0.15) is 12.8 Å². The summed E-state index contributed by atoms with van der Waals surface area (Å²) in [5.74, 6) is 0. The first-order chi connectivity index (χ1) is 4.41. The Kier molecular flexibility index (Phi) is 1.60. The lowest BCUT2D eigenvalue weighted by molar-refractivity contribution is -0.546. The third kappa shape index (κ3) is 1.81. The molecule has 6 heteroatoms. The van der Waals surface area contributed by atoms with Crippen LogP contribution in [0.4, 0.5) is 17.6 Å². The normalized spacial score (nSPS) is 30.0. The summed E-state index contributed by atoms with van der Waals surface area (Å²) in [5.41, 5.74) is 0. The number of alkyl halides is 4. The summed E-state index contributed by atoms with van der Waals surface area (Å²) < 4.78 is 47.5. The van der Waals surface area contributed by atoms with Crippen LogP contribution in [0.25, 0.3) is 0 Å². The van der Waals surface area contributed by atoms with Gasteiger partial charge in [0.2, 0.25) is 0 Å². The quantitative estimate of drug-likeness (QED) is 0.398. The van der Waals surface area contributed by atoms with Gasteiger partial charge in [-0.3, -0.25) is 0 Å². The van der Waals surface area contributed by atoms with Crippen molar-refractivity contribution >= 4 is 0 Å². The molecular weight excluding hydrogens is 156 g/mol. The first-order valence-corrected chi connectivity index (χ1v) is 2.54. The van der Waals surface area contributed by atoms with Crippen molar-refractivity contribution in [2.24, 2.45) is 0 Å². The van der Waals surface area contributed by atoms with Crippen molar-refractivity contribution in [1.29, 1.82) is 0 Å². The van der Waals surface area contributed by atoms with E-state index in [2.05, 4.69) is 9.78 Å². The highest BCUT2D eigenvalue weighted by molar-refractivity contribution is 4.61. The largest absolute Gasteiger partial charge is 0.381 e. The van der Waals surface area contributed by atoms with Crippen LogP contribution in [-0.2, 0) is 9.78 Å². The summed E-state index contributed by atoms with van der Waals surface area (Å²) in [6.07, 6.45) is -9.16. The van der Waals surface area contributed by atoms with Crippen molar-refractivity contribution in [3.63, 3.8) is 0 Å². The lowest BCUT2D eigenvalue weighted by Gasteiger charge is -2.25. The monoisotopic (exact) mass is 160 g/mol. The highest BCUT2D eigenvalue weighted by Crippen LogP contribution is 2.36. The van der Waals surface area contributed by atoms with Gasteiger partial charge in [-0.25, -0.2) is 0 Å². The summed E-state index contributed by atoms with van der Waals surface area (Å²) in [4.78, 5) is 6.19. The fraction of sp³-hybridized carbons (Fsp3) is 1.00. The number of hydrogen-bond acceptors (Lipinski definition) is 2. The van der Waals surface area contributed by atoms with E-state index in [1.807, 2.05) is 0 Å². The van der Waals surface area contributed by atoms with Crippen LogP contribution >= 0.6 is 0 Å². The molecule has 60 valence electrons. The maximum Gasteiger partial charge on any atom is 0.381 e. The maximum absolute atomic E-state index is 11.9. The first-order valence-electron chi connectivity index (χ1n) is 2.54. The minimum Gasteiger partial charge on any atom is -0.173 e. The minimum atomic E-state index is -3.57. The van der Waals surface area contributed by atoms with Gasteiger partial charge in [-0.2, -0.15) is 27.3 Å². The van der Waals surface area contributed by atoms with Crippen molar-refractivity contribution in [2.75, 3.05) is 0 Å². The molecule has 0 bridgehead atoms. The van der Waals surface area contributed by atoms with E-state index >= 15 is 0 Å². The lowest BCUT2D eigenvalue weighted by atomic mass is 10.3. The molecule has 0 N–H and O–H groups in total. The molecule has 0 radical (unpaired) electrons. The fourth-order valence-corrected chi connectivity index (χ4v) is 0.496. The van der Waals surface area contributed by atoms with Crippen molar-refractivity contribution in [1.82, 2.24) is 0 Å². The second-order valence-electron chi connectivity index (χ2n) is 1.94. The van der Waals surface area contributed by atoms with E-state index in [1.165, 1.54) is 0 Å². The van der Waals surface area contributed by atoms with Gasteiger partial charge in [0.25, 0.3) is 0 Å². The van der Waals surface area contributed by atoms with Crippen molar-refractivity contribution in [2.45, 2.75) is 25.1 Å². The molecule has 0 amide bonds. The van der Waals surface area contributed by atoms with E-state index in [4.69, 9.17) is 0 Å². The molecule has 1 aliphatic heterocycles. The first kappa shape index (κ1) is 7.74. The van der Waals surface area contributed by atoms with Crippen LogP contribution in [0.2, 0.25) is 0 Å². The molecule has 0 aromatic rings. The van der Waals surface area contributed by atoms with E-state index in [1.54, 1.807) is 0 Å². The van der Waals surface area contributed by atoms with E-state index < -0.39 is 25.1 Å². The van der Waals surface area contributed by atoms with Crippen molar-refractivity contribution in [3.05, 3.63) is 0 Å². The van der Waals surface area contributed by atoms with Crippen LogP contribution in [0, 0.1) is 0 Å². The molecule has 0 aromatic carbocycles. The van der Waals surface area contributed by atoms with Gasteiger partial charge in [-0.1, -0.05) is 0 Å². The third-order valence-corrected chi connectivity index (χ3v) is 0.993. The number of hydrogen-bond donors (Lipinski definition) is 0. The van der Waals surface area contributed by atoms with Gasteiger partial charge in [0.05, 0.1) is 0 Å². The molecule has 0 atom stereocenters. The molecule has 0 aromatic heterocycles. The molecule has 0 saturated carbocycles. The van der Waals surface area contributed by atoms with Crippen molar-refractivity contribution < 1.29 is 27.3 Å². The highest BCUT2D eigenvalue weighted by Gasteiger charge is 2.47. The van der Waals surface area contributed by atoms with Crippen LogP contribution in [-0.4, -0.2) is 12.2 Å². The van der Waals surface area contributed by atoms with Crippen LogP contribution < -0.4 is 0 Å². The molecule has 10 heavy (non-hydrogen) atoms. The standard InChI is InChI=1S/C4H4F4O2/c5-3(6)1-2-4(7,8)10-9-3/h1-2H2. The zero-order valence-corrected chi connectivity index (χ0v) is 4.74. The van der Waals surface area contributed by atoms with E-state index in [0.717, 1.165) is 0 Å². The molecular formula is C4H4F4O2. The molecule has 1 heterocycles. The van der Waals surface area contributed by atoms with Gasteiger partial charge in [-0.05, 0) is 0 Å². The fourth-order valence-electron chi connectivity index (χ4n) is 0.496. The highest BCUT2D eigenvalue weighted by atomic mass is 19.3. The topological polar surface area (TPSA) is 18.5 Å². The lowest BCUT2D eigenvalue weighted by Crippen LogP contribution is -2.36. The van der Waals surface area contributed by atoms with Gasteiger partial charge >= 0.3 is 12.2 Å². The zero-order chi connectivity index (χ0) is 7.83. The van der Waals surface area contributed by atoms with Crippen molar-refractivity contribution in [3.8, 4) is 0 Å². The van der Waals surface area contributed by atoms with Gasteiger partial charge in [-0.15, -0.1) is 0 Å². The molecule has 1 rings (SSSR count). The summed E-state index contributed by atoms with van der Waals surface area (Å²) >= 11 is 0. The Bertz CT molecular complexity index is 107. The predicted octanol–water partition coefficient (Wildman–Crippen LogP) is 1.91. The Morgan fingerprint density at radius 1 is 0.800 bits per heavy atom. The molecule has 2 nitrogen and oxygen atoms in total. The Morgan fingerprint density at radius 2 is 1.10 bits per heavy atom. The Hall–Kier alpha value is -0.360. The van der Waals surface area contributed by atoms with Crippen LogP contribution in [0.3, 0.4) is 0 Å². The summed E-state index contributed by atoms with van der Waals surface area (Å²) in [5, 5.41) is 0. The average Bonchev–Trinajstić information content (AvgIpc) is 1.79. The van der Waals surface area contributed by atoms with Gasteiger partial charge < -0.3 is 0 Å². The Balaban J connectivity index is 2.46. The van der Waals surface area contributed by atoms with Gasteiger partial charge in [0, 0.05) is 12.8 Å². The second-order valence-corrected chi connectivity index (χ2v) is 1.94. The third-order valence-electron chi connectivity index (χ3n) is 0.993. The molecule has 1 saturated heterocycles. The Labute approximate surface area is 53.6 Å². The molecule has 1 fully saturated rings. The van der Waals surface area contributed by atoms with E-state index in [9.17, 15) is 17.6 Å². The smallest absolute Gasteiger partial charge is 0.173 e. The average molecular weight is 160 g/mol. The van der Waals surface area contributed by atoms with Gasteiger partial charge in [0.15, 0.2) is 0 Å². The zero-order valence-electron chi connectivity index (χ0n) is 4.74. The SMILES string of the molecule is FC1(F)CCC(F)(F)OO1. The summed E-state index contributed by atoms with van der Waals surface area (Å²) in [6, 6.07) is 0. The predicted molar refractivity (Wildman–Crippen MR) is 21.3 cm³/mol. The number of rotatable bonds is 0. The number of halogens is 4. The van der Waals surface area contributed by atoms with E-state index in [0.29, 0.717) is 0 Å². The second kappa shape index (κ2) is 2.06. The van der Waals surface area contributed by atoms with Gasteiger partial charge in [0.1, 0.15) is 0 Å². The maximum atomic E-state index is 11.9. The molecule has 0 spiro atoms. The molecule has 0 unspecified atom stereocenters. The Morgan fingerprint density at radius 3 is 1.30 bits per heavy atom. The minimum absolute atomic E-state index is 1.01. The molecule has 0 aliphatic carbocycles. The van der Waals surface area contributed by atoms with E-state index in [-0.39, 0.29) is 0 Å². The summed E-state index contributed by atoms with van der Waals surface area (Å²) in [6.45, 7) is 0. The van der Waals surface area contributed by atoms with Crippen LogP contribution in [0.15, 0.2) is 0 Å². The molecule has 1 aliphatic rings. The van der Waals surface area contributed by atoms with Crippen LogP contribution in [0.5, 0.6) is 0 Å².